The van der Waals surface area contributed by atoms with Crippen LogP contribution in [-0.4, -0.2) is 28.2 Å². The standard InChI is InChI=1S/C12H16N2O3S/c1-2-17-8-4-7-14-18(15,16)12-6-3-5-11(9-12)10-13/h3,5-6,9,14H,2,4,7-8H2,1H3. The Kier molecular flexibility index (Phi) is 5.78. The van der Waals surface area contributed by atoms with E-state index < -0.39 is 10.0 Å². The van der Waals surface area contributed by atoms with Crippen LogP contribution < -0.4 is 4.72 Å². The van der Waals surface area contributed by atoms with Gasteiger partial charge in [0.25, 0.3) is 0 Å². The van der Waals surface area contributed by atoms with E-state index in [1.54, 1.807) is 12.1 Å². The number of nitrogens with zero attached hydrogens (tertiary/aromatic N) is 1. The number of benzene rings is 1. The number of nitrogens with one attached hydrogen (secondary N) is 1. The van der Waals surface area contributed by atoms with E-state index in [0.29, 0.717) is 31.7 Å². The van der Waals surface area contributed by atoms with E-state index >= 15 is 0 Å². The van der Waals surface area contributed by atoms with Crippen molar-refractivity contribution in [2.24, 2.45) is 0 Å². The zero-order valence-corrected chi connectivity index (χ0v) is 11.0. The number of ether oxygens (including phenoxy) is 1. The highest BCUT2D eigenvalue weighted by molar-refractivity contribution is 7.89. The lowest BCUT2D eigenvalue weighted by atomic mass is 10.2. The number of rotatable bonds is 7. The van der Waals surface area contributed by atoms with Crippen molar-refractivity contribution in [2.45, 2.75) is 18.2 Å². The average Bonchev–Trinajstić information content (AvgIpc) is 2.38. The minimum Gasteiger partial charge on any atom is -0.382 e. The second-order valence-electron chi connectivity index (χ2n) is 3.59. The van der Waals surface area contributed by atoms with Crippen molar-refractivity contribution in [2.75, 3.05) is 19.8 Å². The molecule has 0 spiro atoms. The summed E-state index contributed by atoms with van der Waals surface area (Å²) in [4.78, 5) is 0.109. The molecule has 0 aromatic heterocycles. The zero-order chi connectivity index (χ0) is 13.4. The Morgan fingerprint density at radius 1 is 1.44 bits per heavy atom. The molecule has 1 rings (SSSR count). The molecule has 18 heavy (non-hydrogen) atoms. The van der Waals surface area contributed by atoms with E-state index in [-0.39, 0.29) is 4.90 Å². The van der Waals surface area contributed by atoms with Gasteiger partial charge in [0.15, 0.2) is 0 Å². The first-order valence-corrected chi connectivity index (χ1v) is 7.16. The van der Waals surface area contributed by atoms with Gasteiger partial charge in [0, 0.05) is 19.8 Å². The third kappa shape index (κ3) is 4.45. The Labute approximate surface area is 107 Å². The average molecular weight is 268 g/mol. The van der Waals surface area contributed by atoms with Gasteiger partial charge in [-0.25, -0.2) is 13.1 Å². The molecular formula is C12H16N2O3S. The van der Waals surface area contributed by atoms with Crippen LogP contribution >= 0.6 is 0 Å². The first-order valence-electron chi connectivity index (χ1n) is 5.67. The van der Waals surface area contributed by atoms with Crippen molar-refractivity contribution < 1.29 is 13.2 Å². The first kappa shape index (κ1) is 14.6. The normalized spacial score (nSPS) is 11.1. The predicted molar refractivity (Wildman–Crippen MR) is 67.5 cm³/mol. The van der Waals surface area contributed by atoms with E-state index in [9.17, 15) is 8.42 Å². The van der Waals surface area contributed by atoms with Crippen LogP contribution in [0.2, 0.25) is 0 Å². The van der Waals surface area contributed by atoms with Gasteiger partial charge in [-0.2, -0.15) is 5.26 Å². The molecule has 1 aromatic rings. The second-order valence-corrected chi connectivity index (χ2v) is 5.35. The topological polar surface area (TPSA) is 79.2 Å². The highest BCUT2D eigenvalue weighted by Gasteiger charge is 2.13. The Hall–Kier alpha value is -1.42. The highest BCUT2D eigenvalue weighted by Crippen LogP contribution is 2.10. The summed E-state index contributed by atoms with van der Waals surface area (Å²) in [5.41, 5.74) is 0.326. The van der Waals surface area contributed by atoms with Gasteiger partial charge in [0.1, 0.15) is 0 Å². The summed E-state index contributed by atoms with van der Waals surface area (Å²) in [6, 6.07) is 7.84. The van der Waals surface area contributed by atoms with E-state index in [2.05, 4.69) is 4.72 Å². The number of nitriles is 1. The fraction of sp³-hybridized carbons (Fsp3) is 0.417. The van der Waals surface area contributed by atoms with Crippen LogP contribution in [0, 0.1) is 11.3 Å². The number of hydrogen-bond acceptors (Lipinski definition) is 4. The lowest BCUT2D eigenvalue weighted by Gasteiger charge is -2.06. The van der Waals surface area contributed by atoms with Crippen molar-refractivity contribution in [1.29, 1.82) is 5.26 Å². The minimum absolute atomic E-state index is 0.109. The summed E-state index contributed by atoms with van der Waals surface area (Å²) in [5.74, 6) is 0. The largest absolute Gasteiger partial charge is 0.382 e. The molecule has 5 nitrogen and oxygen atoms in total. The molecule has 0 aliphatic heterocycles. The summed E-state index contributed by atoms with van der Waals surface area (Å²) in [7, 11) is -3.54. The molecule has 0 unspecified atom stereocenters. The number of sulfonamides is 1. The van der Waals surface area contributed by atoms with E-state index in [1.165, 1.54) is 12.1 Å². The molecule has 0 radical (unpaired) electrons. The summed E-state index contributed by atoms with van der Waals surface area (Å²) in [6.07, 6.45) is 0.616. The molecule has 1 N–H and O–H groups in total. The fourth-order valence-corrected chi connectivity index (χ4v) is 2.46. The Bertz CT molecular complexity index is 520. The molecule has 0 fully saturated rings. The van der Waals surface area contributed by atoms with Crippen LogP contribution in [0.1, 0.15) is 18.9 Å². The van der Waals surface area contributed by atoms with E-state index in [0.717, 1.165) is 0 Å². The minimum atomic E-state index is -3.54. The molecule has 0 atom stereocenters. The van der Waals surface area contributed by atoms with E-state index in [4.69, 9.17) is 10.00 Å². The molecule has 0 amide bonds. The Morgan fingerprint density at radius 3 is 2.89 bits per heavy atom. The van der Waals surface area contributed by atoms with Crippen molar-refractivity contribution in [3.8, 4) is 6.07 Å². The Morgan fingerprint density at radius 2 is 2.22 bits per heavy atom. The van der Waals surface area contributed by atoms with Gasteiger partial charge >= 0.3 is 0 Å². The van der Waals surface area contributed by atoms with Crippen LogP contribution in [0.3, 0.4) is 0 Å². The van der Waals surface area contributed by atoms with Gasteiger partial charge in [-0.05, 0) is 31.5 Å². The zero-order valence-electron chi connectivity index (χ0n) is 10.2. The monoisotopic (exact) mass is 268 g/mol. The van der Waals surface area contributed by atoms with Crippen molar-refractivity contribution >= 4 is 10.0 Å². The molecule has 1 aromatic carbocycles. The van der Waals surface area contributed by atoms with Crippen molar-refractivity contribution in [1.82, 2.24) is 4.72 Å². The van der Waals surface area contributed by atoms with Crippen LogP contribution in [-0.2, 0) is 14.8 Å². The van der Waals surface area contributed by atoms with E-state index in [1.807, 2.05) is 13.0 Å². The lowest BCUT2D eigenvalue weighted by molar-refractivity contribution is 0.146. The predicted octanol–water partition coefficient (Wildman–Crippen LogP) is 1.26. The summed E-state index contributed by atoms with van der Waals surface area (Å²) in [6.45, 7) is 3.35. The van der Waals surface area contributed by atoms with Crippen LogP contribution in [0.25, 0.3) is 0 Å². The van der Waals surface area contributed by atoms with Gasteiger partial charge in [-0.1, -0.05) is 6.07 Å². The summed E-state index contributed by atoms with van der Waals surface area (Å²) < 4.78 is 31.3. The van der Waals surface area contributed by atoms with Crippen LogP contribution in [0.4, 0.5) is 0 Å². The molecule has 98 valence electrons. The third-order valence-electron chi connectivity index (χ3n) is 2.24. The molecular weight excluding hydrogens is 252 g/mol. The van der Waals surface area contributed by atoms with Gasteiger partial charge in [-0.15, -0.1) is 0 Å². The summed E-state index contributed by atoms with van der Waals surface area (Å²) >= 11 is 0. The third-order valence-corrected chi connectivity index (χ3v) is 3.69. The molecule has 0 heterocycles. The maximum atomic E-state index is 11.9. The second kappa shape index (κ2) is 7.11. The van der Waals surface area contributed by atoms with Crippen molar-refractivity contribution in [3.63, 3.8) is 0 Å². The maximum absolute atomic E-state index is 11.9. The molecule has 0 saturated heterocycles. The summed E-state index contributed by atoms with van der Waals surface area (Å²) in [5, 5.41) is 8.72. The quantitative estimate of drug-likeness (QED) is 0.755. The molecule has 0 bridgehead atoms. The molecule has 0 aliphatic rings. The van der Waals surface area contributed by atoms with Crippen molar-refractivity contribution in [3.05, 3.63) is 29.8 Å². The molecule has 6 heteroatoms. The van der Waals surface area contributed by atoms with Crippen LogP contribution in [0.5, 0.6) is 0 Å². The Balaban J connectivity index is 2.60. The van der Waals surface area contributed by atoms with Gasteiger partial charge in [-0.3, -0.25) is 0 Å². The maximum Gasteiger partial charge on any atom is 0.240 e. The highest BCUT2D eigenvalue weighted by atomic mass is 32.2. The molecule has 0 aliphatic carbocycles. The van der Waals surface area contributed by atoms with Gasteiger partial charge in [0.05, 0.1) is 16.5 Å². The molecule has 0 saturated carbocycles. The smallest absolute Gasteiger partial charge is 0.240 e. The van der Waals surface area contributed by atoms with Crippen LogP contribution in [0.15, 0.2) is 29.2 Å². The van der Waals surface area contributed by atoms with Gasteiger partial charge in [0.2, 0.25) is 10.0 Å². The fourth-order valence-electron chi connectivity index (χ4n) is 1.34. The van der Waals surface area contributed by atoms with Gasteiger partial charge < -0.3 is 4.74 Å². The SMILES string of the molecule is CCOCCCNS(=O)(=O)c1cccc(C#N)c1. The number of hydrogen-bond donors (Lipinski definition) is 1. The lowest BCUT2D eigenvalue weighted by Crippen LogP contribution is -2.25. The first-order chi connectivity index (χ1) is 8.60.